The summed E-state index contributed by atoms with van der Waals surface area (Å²) in [5.41, 5.74) is 2.32. The molecular weight excluding hydrogens is 257 g/mol. The predicted molar refractivity (Wildman–Crippen MR) is 73.7 cm³/mol. The van der Waals surface area contributed by atoms with Crippen LogP contribution in [-0.2, 0) is 0 Å². The maximum atomic E-state index is 12.9. The van der Waals surface area contributed by atoms with Gasteiger partial charge in [-0.25, -0.2) is 4.39 Å². The molecule has 20 heavy (non-hydrogen) atoms. The molecule has 3 nitrogen and oxygen atoms in total. The average molecular weight is 271 g/mol. The van der Waals surface area contributed by atoms with Gasteiger partial charge in [0, 0.05) is 18.7 Å². The van der Waals surface area contributed by atoms with Crippen LogP contribution < -0.4 is 0 Å². The van der Waals surface area contributed by atoms with Crippen LogP contribution in [-0.4, -0.2) is 35.1 Å². The fourth-order valence-corrected chi connectivity index (χ4v) is 2.28. The van der Waals surface area contributed by atoms with E-state index in [-0.39, 0.29) is 11.7 Å². The summed E-state index contributed by atoms with van der Waals surface area (Å²) >= 11 is 0. The number of carbonyl (C=O) groups excluding carboxylic acids is 1. The fraction of sp³-hybridized carbons (Fsp3) is 0.188. The quantitative estimate of drug-likeness (QED) is 0.910. The Balaban J connectivity index is 1.86. The maximum Gasteiger partial charge on any atom is 0.254 e. The summed E-state index contributed by atoms with van der Waals surface area (Å²) in [7, 11) is 0. The molecule has 0 aromatic heterocycles. The number of benzene rings is 2. The number of aliphatic hydroxyl groups excluding tert-OH is 1. The highest BCUT2D eigenvalue weighted by Gasteiger charge is 2.29. The van der Waals surface area contributed by atoms with Gasteiger partial charge in [-0.05, 0) is 35.4 Å². The zero-order valence-electron chi connectivity index (χ0n) is 10.8. The fourth-order valence-electron chi connectivity index (χ4n) is 2.28. The second-order valence-electron chi connectivity index (χ2n) is 4.95. The monoisotopic (exact) mass is 271 g/mol. The lowest BCUT2D eigenvalue weighted by Crippen LogP contribution is -2.53. The molecule has 2 aromatic rings. The molecule has 1 heterocycles. The Kier molecular flexibility index (Phi) is 3.24. The zero-order valence-corrected chi connectivity index (χ0v) is 10.8. The van der Waals surface area contributed by atoms with E-state index in [1.807, 2.05) is 12.1 Å². The molecule has 1 aliphatic rings. The van der Waals surface area contributed by atoms with Crippen molar-refractivity contribution in [1.29, 1.82) is 0 Å². The first kappa shape index (κ1) is 12.8. The minimum absolute atomic E-state index is 0.0840. The number of nitrogens with zero attached hydrogens (tertiary/aromatic N) is 1. The molecule has 1 amide bonds. The minimum atomic E-state index is -0.403. The van der Waals surface area contributed by atoms with Crippen LogP contribution in [0.15, 0.2) is 48.5 Å². The van der Waals surface area contributed by atoms with Crippen molar-refractivity contribution in [2.75, 3.05) is 13.1 Å². The SMILES string of the molecule is O=C(c1cccc(-c2ccc(F)cc2)c1)N1CC(O)C1. The van der Waals surface area contributed by atoms with E-state index < -0.39 is 6.10 Å². The summed E-state index contributed by atoms with van der Waals surface area (Å²) in [6, 6.07) is 13.4. The van der Waals surface area contributed by atoms with Crippen molar-refractivity contribution < 1.29 is 14.3 Å². The molecule has 0 spiro atoms. The number of carbonyl (C=O) groups is 1. The minimum Gasteiger partial charge on any atom is -0.389 e. The molecule has 0 radical (unpaired) electrons. The van der Waals surface area contributed by atoms with Gasteiger partial charge in [0.15, 0.2) is 0 Å². The van der Waals surface area contributed by atoms with Crippen molar-refractivity contribution in [3.05, 3.63) is 59.9 Å². The number of halogens is 1. The number of amides is 1. The Morgan fingerprint density at radius 1 is 1.10 bits per heavy atom. The highest BCUT2D eigenvalue weighted by Crippen LogP contribution is 2.22. The Morgan fingerprint density at radius 3 is 2.45 bits per heavy atom. The number of hydrogen-bond donors (Lipinski definition) is 1. The van der Waals surface area contributed by atoms with Crippen LogP contribution in [0.2, 0.25) is 0 Å². The molecule has 1 saturated heterocycles. The molecule has 0 saturated carbocycles. The van der Waals surface area contributed by atoms with Crippen LogP contribution in [0.3, 0.4) is 0 Å². The molecule has 0 bridgehead atoms. The summed E-state index contributed by atoms with van der Waals surface area (Å²) in [6.07, 6.45) is -0.403. The predicted octanol–water partition coefficient (Wildman–Crippen LogP) is 2.31. The second-order valence-corrected chi connectivity index (χ2v) is 4.95. The third kappa shape index (κ3) is 2.42. The van der Waals surface area contributed by atoms with E-state index in [1.54, 1.807) is 29.2 Å². The molecule has 0 atom stereocenters. The number of β-amino-alcohol motifs (C(OH)–C–C–N with tert-alkyl or cyclic N) is 1. The number of rotatable bonds is 2. The van der Waals surface area contributed by atoms with Gasteiger partial charge in [-0.2, -0.15) is 0 Å². The molecule has 1 N–H and O–H groups in total. The van der Waals surface area contributed by atoms with Gasteiger partial charge >= 0.3 is 0 Å². The Hall–Kier alpha value is -2.20. The Labute approximate surface area is 116 Å². The van der Waals surface area contributed by atoms with Gasteiger partial charge in [0.1, 0.15) is 5.82 Å². The number of hydrogen-bond acceptors (Lipinski definition) is 2. The number of aliphatic hydroxyl groups is 1. The third-order valence-corrected chi connectivity index (χ3v) is 3.44. The van der Waals surface area contributed by atoms with E-state index in [4.69, 9.17) is 0 Å². The molecule has 0 aliphatic carbocycles. The van der Waals surface area contributed by atoms with Crippen molar-refractivity contribution >= 4 is 5.91 Å². The van der Waals surface area contributed by atoms with Crippen molar-refractivity contribution in [3.63, 3.8) is 0 Å². The molecule has 4 heteroatoms. The smallest absolute Gasteiger partial charge is 0.254 e. The van der Waals surface area contributed by atoms with Gasteiger partial charge in [0.05, 0.1) is 6.10 Å². The first-order valence-corrected chi connectivity index (χ1v) is 6.47. The normalized spacial score (nSPS) is 15.0. The molecule has 3 rings (SSSR count). The van der Waals surface area contributed by atoms with Gasteiger partial charge < -0.3 is 10.0 Å². The van der Waals surface area contributed by atoms with E-state index in [0.29, 0.717) is 18.7 Å². The summed E-state index contributed by atoms with van der Waals surface area (Å²) in [4.78, 5) is 13.8. The highest BCUT2D eigenvalue weighted by atomic mass is 19.1. The summed E-state index contributed by atoms with van der Waals surface area (Å²) in [6.45, 7) is 0.777. The van der Waals surface area contributed by atoms with E-state index in [0.717, 1.165) is 11.1 Å². The number of likely N-dealkylation sites (tertiary alicyclic amines) is 1. The maximum absolute atomic E-state index is 12.9. The lowest BCUT2D eigenvalue weighted by Gasteiger charge is -2.35. The summed E-state index contributed by atoms with van der Waals surface area (Å²) in [5.74, 6) is -0.366. The lowest BCUT2D eigenvalue weighted by molar-refractivity contribution is 0.00590. The van der Waals surface area contributed by atoms with Gasteiger partial charge in [0.2, 0.25) is 0 Å². The Bertz CT molecular complexity index is 633. The molecular formula is C16H14FNO2. The molecule has 0 unspecified atom stereocenters. The van der Waals surface area contributed by atoms with Gasteiger partial charge in [-0.15, -0.1) is 0 Å². The van der Waals surface area contributed by atoms with Gasteiger partial charge in [0.25, 0.3) is 5.91 Å². The first-order chi connectivity index (χ1) is 9.63. The van der Waals surface area contributed by atoms with Crippen LogP contribution in [0.25, 0.3) is 11.1 Å². The van der Waals surface area contributed by atoms with E-state index in [9.17, 15) is 14.3 Å². The Morgan fingerprint density at radius 2 is 1.80 bits per heavy atom. The average Bonchev–Trinajstić information content (AvgIpc) is 2.44. The van der Waals surface area contributed by atoms with E-state index >= 15 is 0 Å². The van der Waals surface area contributed by atoms with Crippen LogP contribution in [0.5, 0.6) is 0 Å². The lowest BCUT2D eigenvalue weighted by atomic mass is 10.0. The van der Waals surface area contributed by atoms with E-state index in [2.05, 4.69) is 0 Å². The third-order valence-electron chi connectivity index (χ3n) is 3.44. The zero-order chi connectivity index (χ0) is 14.1. The van der Waals surface area contributed by atoms with E-state index in [1.165, 1.54) is 12.1 Å². The van der Waals surface area contributed by atoms with Crippen molar-refractivity contribution in [1.82, 2.24) is 4.90 Å². The molecule has 1 fully saturated rings. The van der Waals surface area contributed by atoms with Crippen molar-refractivity contribution in [3.8, 4) is 11.1 Å². The highest BCUT2D eigenvalue weighted by molar-refractivity contribution is 5.96. The second kappa shape index (κ2) is 5.06. The molecule has 1 aliphatic heterocycles. The summed E-state index contributed by atoms with van der Waals surface area (Å²) < 4.78 is 12.9. The molecule has 102 valence electrons. The van der Waals surface area contributed by atoms with Crippen molar-refractivity contribution in [2.45, 2.75) is 6.10 Å². The first-order valence-electron chi connectivity index (χ1n) is 6.47. The van der Waals surface area contributed by atoms with Crippen LogP contribution in [0, 0.1) is 5.82 Å². The molecule has 2 aromatic carbocycles. The van der Waals surface area contributed by atoms with Crippen molar-refractivity contribution in [2.24, 2.45) is 0 Å². The topological polar surface area (TPSA) is 40.5 Å². The van der Waals surface area contributed by atoms with Gasteiger partial charge in [-0.3, -0.25) is 4.79 Å². The standard InChI is InChI=1S/C16H14FNO2/c17-14-6-4-11(5-7-14)12-2-1-3-13(8-12)16(20)18-9-15(19)10-18/h1-8,15,19H,9-10H2. The largest absolute Gasteiger partial charge is 0.389 e. The summed E-state index contributed by atoms with van der Waals surface area (Å²) in [5, 5.41) is 9.24. The van der Waals surface area contributed by atoms with Crippen LogP contribution >= 0.6 is 0 Å². The van der Waals surface area contributed by atoms with Gasteiger partial charge in [-0.1, -0.05) is 24.3 Å². The van der Waals surface area contributed by atoms with Crippen LogP contribution in [0.1, 0.15) is 10.4 Å². The van der Waals surface area contributed by atoms with Crippen LogP contribution in [0.4, 0.5) is 4.39 Å².